The minimum absolute atomic E-state index is 0.0744. The number of rotatable bonds is 1. The van der Waals surface area contributed by atoms with Crippen LogP contribution >= 0.6 is 0 Å². The first-order valence-corrected chi connectivity index (χ1v) is 9.91. The minimum Gasteiger partial charge on any atom is -0.300 e. The van der Waals surface area contributed by atoms with Gasteiger partial charge < -0.3 is 0 Å². The van der Waals surface area contributed by atoms with Gasteiger partial charge in [0.15, 0.2) is 0 Å². The van der Waals surface area contributed by atoms with Gasteiger partial charge in [0.1, 0.15) is 11.6 Å². The molecule has 0 aromatic carbocycles. The average molecular weight is 345 g/mol. The van der Waals surface area contributed by atoms with Crippen LogP contribution in [0, 0.1) is 29.6 Å². The van der Waals surface area contributed by atoms with Gasteiger partial charge in [0.2, 0.25) is 0 Å². The van der Waals surface area contributed by atoms with E-state index in [1.807, 2.05) is 13.8 Å². The largest absolute Gasteiger partial charge is 0.300 e. The van der Waals surface area contributed by atoms with Crippen molar-refractivity contribution in [2.24, 2.45) is 17.3 Å². The third kappa shape index (κ3) is 8.04. The van der Waals surface area contributed by atoms with Crippen molar-refractivity contribution in [3.05, 3.63) is 11.6 Å². The molecule has 0 fully saturated rings. The SMILES string of the molecule is C#CCC1CC(C)CCC/C(C)=C\CCCC(=O)CCC(C)(C)C1=O. The van der Waals surface area contributed by atoms with Crippen LogP contribution in [0.25, 0.3) is 0 Å². The van der Waals surface area contributed by atoms with Crippen molar-refractivity contribution >= 4 is 11.6 Å². The molecule has 1 aliphatic carbocycles. The maximum atomic E-state index is 13.0. The maximum Gasteiger partial charge on any atom is 0.142 e. The second kappa shape index (κ2) is 10.6. The van der Waals surface area contributed by atoms with Crippen molar-refractivity contribution in [2.75, 3.05) is 0 Å². The molecule has 0 aromatic heterocycles. The Morgan fingerprint density at radius 3 is 2.60 bits per heavy atom. The summed E-state index contributed by atoms with van der Waals surface area (Å²) in [5, 5.41) is 0. The van der Waals surface area contributed by atoms with Crippen molar-refractivity contribution in [3.63, 3.8) is 0 Å². The van der Waals surface area contributed by atoms with E-state index in [2.05, 4.69) is 25.8 Å². The van der Waals surface area contributed by atoms with Gasteiger partial charge in [-0.05, 0) is 51.4 Å². The molecule has 1 rings (SSSR count). The number of carbonyl (C=O) groups excluding carboxylic acids is 2. The van der Waals surface area contributed by atoms with Gasteiger partial charge in [0, 0.05) is 30.6 Å². The summed E-state index contributed by atoms with van der Waals surface area (Å²) in [7, 11) is 0. The highest BCUT2D eigenvalue weighted by molar-refractivity contribution is 5.87. The van der Waals surface area contributed by atoms with Crippen LogP contribution in [-0.4, -0.2) is 11.6 Å². The van der Waals surface area contributed by atoms with E-state index in [9.17, 15) is 9.59 Å². The number of allylic oxidation sites excluding steroid dienone is 2. The van der Waals surface area contributed by atoms with Crippen LogP contribution in [0.5, 0.6) is 0 Å². The van der Waals surface area contributed by atoms with Gasteiger partial charge in [-0.3, -0.25) is 9.59 Å². The van der Waals surface area contributed by atoms with E-state index in [0.29, 0.717) is 31.6 Å². The number of terminal acetylenes is 1. The lowest BCUT2D eigenvalue weighted by Crippen LogP contribution is -2.32. The average Bonchev–Trinajstić information content (AvgIpc) is 2.55. The smallest absolute Gasteiger partial charge is 0.142 e. The highest BCUT2D eigenvalue weighted by Gasteiger charge is 2.34. The van der Waals surface area contributed by atoms with Crippen LogP contribution in [-0.2, 0) is 9.59 Å². The van der Waals surface area contributed by atoms with E-state index in [-0.39, 0.29) is 17.5 Å². The first-order chi connectivity index (χ1) is 11.8. The lowest BCUT2D eigenvalue weighted by Gasteiger charge is -2.29. The van der Waals surface area contributed by atoms with E-state index in [4.69, 9.17) is 6.42 Å². The lowest BCUT2D eigenvalue weighted by atomic mass is 9.73. The highest BCUT2D eigenvalue weighted by Crippen LogP contribution is 2.33. The summed E-state index contributed by atoms with van der Waals surface area (Å²) in [5.41, 5.74) is 0.953. The summed E-state index contributed by atoms with van der Waals surface area (Å²) in [6.07, 6.45) is 16.3. The second-order valence-corrected chi connectivity index (χ2v) is 8.57. The zero-order chi connectivity index (χ0) is 18.9. The Morgan fingerprint density at radius 1 is 1.20 bits per heavy atom. The van der Waals surface area contributed by atoms with Gasteiger partial charge in [-0.25, -0.2) is 0 Å². The molecular weight excluding hydrogens is 308 g/mol. The lowest BCUT2D eigenvalue weighted by molar-refractivity contribution is -0.132. The van der Waals surface area contributed by atoms with Crippen LogP contribution < -0.4 is 0 Å². The third-order valence-electron chi connectivity index (χ3n) is 5.54. The molecule has 0 N–H and O–H groups in total. The fourth-order valence-corrected chi connectivity index (χ4v) is 3.76. The first-order valence-electron chi connectivity index (χ1n) is 9.91. The predicted octanol–water partition coefficient (Wildman–Crippen LogP) is 5.90. The highest BCUT2D eigenvalue weighted by atomic mass is 16.1. The molecule has 1 aliphatic rings. The molecule has 0 amide bonds. The number of carbonyl (C=O) groups is 2. The Bertz CT molecular complexity index is 519. The number of hydrogen-bond acceptors (Lipinski definition) is 2. The van der Waals surface area contributed by atoms with Crippen LogP contribution in [0.2, 0.25) is 0 Å². The van der Waals surface area contributed by atoms with E-state index in [0.717, 1.165) is 38.5 Å². The third-order valence-corrected chi connectivity index (χ3v) is 5.54. The van der Waals surface area contributed by atoms with Crippen LogP contribution in [0.3, 0.4) is 0 Å². The molecule has 0 heterocycles. The van der Waals surface area contributed by atoms with Crippen molar-refractivity contribution in [2.45, 2.75) is 91.9 Å². The summed E-state index contributed by atoms with van der Waals surface area (Å²) >= 11 is 0. The normalized spacial score (nSPS) is 29.5. The van der Waals surface area contributed by atoms with Crippen LogP contribution in [0.1, 0.15) is 91.9 Å². The summed E-state index contributed by atoms with van der Waals surface area (Å²) in [4.78, 5) is 25.2. The monoisotopic (exact) mass is 344 g/mol. The Kier molecular flexibility index (Phi) is 9.19. The Labute approximate surface area is 154 Å². The van der Waals surface area contributed by atoms with Gasteiger partial charge in [-0.2, -0.15) is 0 Å². The summed E-state index contributed by atoms with van der Waals surface area (Å²) in [5.74, 6) is 3.65. The molecule has 0 aromatic rings. The van der Waals surface area contributed by atoms with Crippen molar-refractivity contribution in [1.82, 2.24) is 0 Å². The Balaban J connectivity index is 2.88. The molecule has 25 heavy (non-hydrogen) atoms. The fourth-order valence-electron chi connectivity index (χ4n) is 3.76. The molecule has 0 saturated carbocycles. The Morgan fingerprint density at radius 2 is 1.92 bits per heavy atom. The molecule has 2 nitrogen and oxygen atoms in total. The topological polar surface area (TPSA) is 34.1 Å². The molecule has 0 radical (unpaired) electrons. The zero-order valence-corrected chi connectivity index (χ0v) is 16.7. The van der Waals surface area contributed by atoms with Gasteiger partial charge in [-0.15, -0.1) is 12.3 Å². The van der Waals surface area contributed by atoms with Gasteiger partial charge in [0.05, 0.1) is 0 Å². The van der Waals surface area contributed by atoms with Gasteiger partial charge in [-0.1, -0.05) is 38.8 Å². The Hall–Kier alpha value is -1.36. The van der Waals surface area contributed by atoms with Crippen molar-refractivity contribution in [3.8, 4) is 12.3 Å². The van der Waals surface area contributed by atoms with E-state index >= 15 is 0 Å². The molecule has 2 atom stereocenters. The molecule has 2 unspecified atom stereocenters. The first kappa shape index (κ1) is 21.7. The van der Waals surface area contributed by atoms with E-state index < -0.39 is 5.41 Å². The van der Waals surface area contributed by atoms with Crippen LogP contribution in [0.4, 0.5) is 0 Å². The molecule has 0 bridgehead atoms. The molecule has 0 spiro atoms. The van der Waals surface area contributed by atoms with Crippen LogP contribution in [0.15, 0.2) is 11.6 Å². The quantitative estimate of drug-likeness (QED) is 0.438. The fraction of sp³-hybridized carbons (Fsp3) is 0.739. The maximum absolute atomic E-state index is 13.0. The molecular formula is C23H36O2. The summed E-state index contributed by atoms with van der Waals surface area (Å²) in [6, 6.07) is 0. The van der Waals surface area contributed by atoms with E-state index in [1.165, 1.54) is 5.57 Å². The second-order valence-electron chi connectivity index (χ2n) is 8.57. The molecule has 2 heteroatoms. The number of ketones is 2. The minimum atomic E-state index is -0.468. The molecule has 140 valence electrons. The van der Waals surface area contributed by atoms with Gasteiger partial charge in [0.25, 0.3) is 0 Å². The number of Topliss-reactive ketones (excluding diaryl/α,β-unsaturated/α-hetero) is 2. The summed E-state index contributed by atoms with van der Waals surface area (Å²) in [6.45, 7) is 8.37. The van der Waals surface area contributed by atoms with Gasteiger partial charge >= 0.3 is 0 Å². The van der Waals surface area contributed by atoms with E-state index in [1.54, 1.807) is 0 Å². The predicted molar refractivity (Wildman–Crippen MR) is 105 cm³/mol. The summed E-state index contributed by atoms with van der Waals surface area (Å²) < 4.78 is 0. The standard InChI is InChI=1S/C23H36O2/c1-6-10-20-17-19(3)13-9-12-18(2)11-7-8-14-21(24)15-16-23(4,5)22(20)25/h1,11,19-20H,7-10,12-17H2,2-5H3/b18-11-. The molecule has 0 saturated heterocycles. The molecule has 0 aliphatic heterocycles. The zero-order valence-electron chi connectivity index (χ0n) is 16.7. The van der Waals surface area contributed by atoms with Crippen molar-refractivity contribution in [1.29, 1.82) is 0 Å². The number of hydrogen-bond donors (Lipinski definition) is 0. The van der Waals surface area contributed by atoms with Crippen molar-refractivity contribution < 1.29 is 9.59 Å².